The van der Waals surface area contributed by atoms with Crippen LogP contribution in [-0.2, 0) is 0 Å². The zero-order valence-corrected chi connectivity index (χ0v) is 13.8. The minimum atomic E-state index is -2.66. The van der Waals surface area contributed by atoms with E-state index in [0.717, 1.165) is 19.4 Å². The van der Waals surface area contributed by atoms with E-state index in [9.17, 15) is 8.78 Å². The molecule has 9 heteroatoms. The molecule has 0 aromatic carbocycles. The summed E-state index contributed by atoms with van der Waals surface area (Å²) in [6.07, 6.45) is 0.380. The van der Waals surface area contributed by atoms with Crippen molar-refractivity contribution in [3.63, 3.8) is 0 Å². The summed E-state index contributed by atoms with van der Waals surface area (Å²) in [6, 6.07) is 8.75. The number of halogens is 2. The van der Waals surface area contributed by atoms with Gasteiger partial charge in [0.15, 0.2) is 0 Å². The Morgan fingerprint density at radius 2 is 2.15 bits per heavy atom. The van der Waals surface area contributed by atoms with Crippen LogP contribution in [0.15, 0.2) is 30.6 Å². The quantitative estimate of drug-likeness (QED) is 0.718. The van der Waals surface area contributed by atoms with Crippen molar-refractivity contribution in [2.75, 3.05) is 18.0 Å². The molecule has 1 atom stereocenters. The Balaban J connectivity index is 1.69. The van der Waals surface area contributed by atoms with E-state index in [1.54, 1.807) is 12.1 Å². The molecule has 0 amide bonds. The second kappa shape index (κ2) is 6.63. The average Bonchev–Trinajstić information content (AvgIpc) is 3.16. The number of rotatable bonds is 3. The Bertz CT molecular complexity index is 979. The van der Waals surface area contributed by atoms with Crippen molar-refractivity contribution in [1.29, 1.82) is 5.26 Å². The Kier molecular flexibility index (Phi) is 4.16. The number of piperidine rings is 1. The first-order chi connectivity index (χ1) is 12.7. The molecule has 0 unspecified atom stereocenters. The maximum atomic E-state index is 13.2. The predicted molar refractivity (Wildman–Crippen MR) is 88.9 cm³/mol. The van der Waals surface area contributed by atoms with Crippen molar-refractivity contribution in [2.45, 2.75) is 25.2 Å². The van der Waals surface area contributed by atoms with Crippen molar-refractivity contribution in [2.24, 2.45) is 0 Å². The number of hydrogen-bond donors (Lipinski definition) is 0. The van der Waals surface area contributed by atoms with Gasteiger partial charge in [0.1, 0.15) is 29.6 Å². The molecule has 0 radical (unpaired) electrons. The van der Waals surface area contributed by atoms with Crippen molar-refractivity contribution in [3.05, 3.63) is 47.7 Å². The van der Waals surface area contributed by atoms with E-state index in [1.807, 2.05) is 12.1 Å². The van der Waals surface area contributed by atoms with Crippen LogP contribution in [0, 0.1) is 11.3 Å². The highest BCUT2D eigenvalue weighted by molar-refractivity contribution is 5.43. The monoisotopic (exact) mass is 355 g/mol. The summed E-state index contributed by atoms with van der Waals surface area (Å²) in [4.78, 5) is 14.2. The lowest BCUT2D eigenvalue weighted by molar-refractivity contribution is 0.146. The SMILES string of the molecule is N#Cc1cccc(N2CCC[C@H](c3cc(C(F)F)nc4ncnn34)C2)n1. The number of anilines is 1. The van der Waals surface area contributed by atoms with Crippen LogP contribution in [0.4, 0.5) is 14.6 Å². The third kappa shape index (κ3) is 2.94. The van der Waals surface area contributed by atoms with Gasteiger partial charge in [-0.3, -0.25) is 0 Å². The second-order valence-electron chi connectivity index (χ2n) is 6.16. The van der Waals surface area contributed by atoms with Gasteiger partial charge in [-0.05, 0) is 31.0 Å². The van der Waals surface area contributed by atoms with Crippen LogP contribution in [0.2, 0.25) is 0 Å². The molecule has 1 fully saturated rings. The number of nitrogens with zero attached hydrogens (tertiary/aromatic N) is 7. The smallest absolute Gasteiger partial charge is 0.280 e. The van der Waals surface area contributed by atoms with Gasteiger partial charge in [0.2, 0.25) is 0 Å². The largest absolute Gasteiger partial charge is 0.356 e. The van der Waals surface area contributed by atoms with Crippen LogP contribution in [0.5, 0.6) is 0 Å². The van der Waals surface area contributed by atoms with Gasteiger partial charge in [0.25, 0.3) is 12.2 Å². The zero-order valence-electron chi connectivity index (χ0n) is 13.8. The molecule has 0 bridgehead atoms. The molecule has 0 saturated carbocycles. The van der Waals surface area contributed by atoms with E-state index in [-0.39, 0.29) is 17.4 Å². The van der Waals surface area contributed by atoms with Gasteiger partial charge >= 0.3 is 0 Å². The van der Waals surface area contributed by atoms with Gasteiger partial charge in [-0.25, -0.2) is 23.3 Å². The van der Waals surface area contributed by atoms with E-state index in [0.29, 0.717) is 23.8 Å². The number of hydrogen-bond acceptors (Lipinski definition) is 6. The molecule has 4 rings (SSSR count). The van der Waals surface area contributed by atoms with E-state index in [1.165, 1.54) is 16.9 Å². The molecule has 0 N–H and O–H groups in total. The molecule has 1 aliphatic heterocycles. The minimum absolute atomic E-state index is 0.0130. The molecule has 3 aromatic rings. The van der Waals surface area contributed by atoms with Crippen LogP contribution < -0.4 is 4.90 Å². The first-order valence-electron chi connectivity index (χ1n) is 8.26. The molecular formula is C17H15F2N7. The third-order valence-corrected chi connectivity index (χ3v) is 4.54. The molecule has 26 heavy (non-hydrogen) atoms. The number of alkyl halides is 2. The van der Waals surface area contributed by atoms with Gasteiger partial charge in [-0.1, -0.05) is 6.07 Å². The van der Waals surface area contributed by atoms with Gasteiger partial charge in [0, 0.05) is 19.0 Å². The molecule has 7 nitrogen and oxygen atoms in total. The summed E-state index contributed by atoms with van der Waals surface area (Å²) in [5.41, 5.74) is 0.735. The van der Waals surface area contributed by atoms with Crippen LogP contribution in [0.1, 0.15) is 42.3 Å². The van der Waals surface area contributed by atoms with Gasteiger partial charge in [0.05, 0.1) is 5.69 Å². The Morgan fingerprint density at radius 1 is 1.27 bits per heavy atom. The van der Waals surface area contributed by atoms with E-state index < -0.39 is 6.43 Å². The molecule has 1 aliphatic rings. The standard InChI is InChI=1S/C17H15F2N7/c18-16(19)13-7-14(26-17(24-13)21-10-22-26)11-3-2-6-25(9-11)15-5-1-4-12(8-20)23-15/h1,4-5,7,10-11,16H,2-3,6,9H2/t11-/m0/s1. The van der Waals surface area contributed by atoms with Crippen molar-refractivity contribution in [3.8, 4) is 6.07 Å². The third-order valence-electron chi connectivity index (χ3n) is 4.54. The number of nitriles is 1. The van der Waals surface area contributed by atoms with E-state index in [4.69, 9.17) is 5.26 Å². The lowest BCUT2D eigenvalue weighted by Crippen LogP contribution is -2.35. The summed E-state index contributed by atoms with van der Waals surface area (Å²) >= 11 is 0. The second-order valence-corrected chi connectivity index (χ2v) is 6.16. The van der Waals surface area contributed by atoms with Crippen LogP contribution >= 0.6 is 0 Å². The first kappa shape index (κ1) is 16.3. The molecule has 0 spiro atoms. The topological polar surface area (TPSA) is 83.0 Å². The van der Waals surface area contributed by atoms with Crippen molar-refractivity contribution in [1.82, 2.24) is 24.6 Å². The van der Waals surface area contributed by atoms with Gasteiger partial charge in [-0.15, -0.1) is 0 Å². The molecule has 3 aromatic heterocycles. The molecule has 1 saturated heterocycles. The summed E-state index contributed by atoms with van der Waals surface area (Å²) < 4.78 is 27.9. The maximum absolute atomic E-state index is 13.2. The predicted octanol–water partition coefficient (Wildman–Crippen LogP) is 2.71. The lowest BCUT2D eigenvalue weighted by Gasteiger charge is -2.33. The minimum Gasteiger partial charge on any atom is -0.356 e. The maximum Gasteiger partial charge on any atom is 0.280 e. The van der Waals surface area contributed by atoms with Gasteiger partial charge in [-0.2, -0.15) is 15.3 Å². The average molecular weight is 355 g/mol. The normalized spacial score (nSPS) is 17.6. The summed E-state index contributed by atoms with van der Waals surface area (Å²) in [6.45, 7) is 1.40. The van der Waals surface area contributed by atoms with Crippen molar-refractivity contribution >= 4 is 11.6 Å². The van der Waals surface area contributed by atoms with Gasteiger partial charge < -0.3 is 4.90 Å². The van der Waals surface area contributed by atoms with Crippen LogP contribution in [0.25, 0.3) is 5.78 Å². The van der Waals surface area contributed by atoms with Crippen molar-refractivity contribution < 1.29 is 8.78 Å². The molecule has 0 aliphatic carbocycles. The first-order valence-corrected chi connectivity index (χ1v) is 8.26. The molecular weight excluding hydrogens is 340 g/mol. The molecule has 4 heterocycles. The number of aromatic nitrogens is 5. The highest BCUT2D eigenvalue weighted by atomic mass is 19.3. The summed E-state index contributed by atoms with van der Waals surface area (Å²) in [5, 5.41) is 13.2. The Labute approximate surface area is 147 Å². The molecule has 132 valence electrons. The fourth-order valence-electron chi connectivity index (χ4n) is 3.35. The number of pyridine rings is 1. The Hall–Kier alpha value is -3.15. The summed E-state index contributed by atoms with van der Waals surface area (Å²) in [7, 11) is 0. The van der Waals surface area contributed by atoms with Crippen LogP contribution in [0.3, 0.4) is 0 Å². The van der Waals surface area contributed by atoms with Crippen LogP contribution in [-0.4, -0.2) is 37.7 Å². The highest BCUT2D eigenvalue weighted by Crippen LogP contribution is 2.31. The van der Waals surface area contributed by atoms with E-state index >= 15 is 0 Å². The fourth-order valence-corrected chi connectivity index (χ4v) is 3.35. The fraction of sp³-hybridized carbons (Fsp3) is 0.353. The Morgan fingerprint density at radius 3 is 2.96 bits per heavy atom. The van der Waals surface area contributed by atoms with E-state index in [2.05, 4.69) is 25.0 Å². The summed E-state index contributed by atoms with van der Waals surface area (Å²) in [5.74, 6) is 0.882. The lowest BCUT2D eigenvalue weighted by atomic mass is 9.94. The zero-order chi connectivity index (χ0) is 18.1. The highest BCUT2D eigenvalue weighted by Gasteiger charge is 2.26. The number of fused-ring (bicyclic) bond motifs is 1.